The summed E-state index contributed by atoms with van der Waals surface area (Å²) in [5.74, 6) is -5.30. The Kier molecular flexibility index (Phi) is 3.37. The lowest BCUT2D eigenvalue weighted by molar-refractivity contribution is -0.143. The van der Waals surface area contributed by atoms with Crippen molar-refractivity contribution in [2.75, 3.05) is 0 Å². The molecule has 0 saturated heterocycles. The predicted molar refractivity (Wildman–Crippen MR) is 59.3 cm³/mol. The number of carboxylic acids is 2. The maximum atomic E-state index is 11.1. The van der Waals surface area contributed by atoms with Crippen LogP contribution < -0.4 is 0 Å². The maximum Gasteiger partial charge on any atom is 0.332 e. The minimum atomic E-state index is -4.89. The smallest absolute Gasteiger partial charge is 0.332 e. The lowest BCUT2D eigenvalue weighted by Crippen LogP contribution is -2.46. The molecule has 9 heteroatoms. The molecule has 1 aliphatic rings. The van der Waals surface area contributed by atoms with E-state index in [1.165, 1.54) is 0 Å². The van der Waals surface area contributed by atoms with Crippen molar-refractivity contribution < 1.29 is 32.8 Å². The van der Waals surface area contributed by atoms with E-state index in [0.717, 1.165) is 18.2 Å². The molecule has 3 N–H and O–H groups in total. The average molecular weight is 280 g/mol. The summed E-state index contributed by atoms with van der Waals surface area (Å²) in [5.41, 5.74) is -0.673. The molecule has 94 valence electrons. The van der Waals surface area contributed by atoms with E-state index in [4.69, 9.17) is 14.8 Å². The molecule has 0 bridgehead atoms. The van der Waals surface area contributed by atoms with E-state index >= 15 is 0 Å². The Labute approximate surface area is 102 Å². The van der Waals surface area contributed by atoms with E-state index in [1.807, 2.05) is 0 Å². The second-order valence-electron chi connectivity index (χ2n) is 3.28. The van der Waals surface area contributed by atoms with Gasteiger partial charge in [0.1, 0.15) is 5.92 Å². The van der Waals surface area contributed by atoms with Crippen LogP contribution in [0.4, 0.5) is 0 Å². The van der Waals surface area contributed by atoms with Gasteiger partial charge in [-0.2, -0.15) is 8.42 Å². The maximum absolute atomic E-state index is 11.1. The van der Waals surface area contributed by atoms with Gasteiger partial charge in [0, 0.05) is 0 Å². The van der Waals surface area contributed by atoms with Crippen LogP contribution in [0.5, 0.6) is 0 Å². The van der Waals surface area contributed by atoms with Crippen LogP contribution in [0.1, 0.15) is 0 Å². The first-order valence-electron chi connectivity index (χ1n) is 4.16. The number of carboxylic acid groups (broad SMARTS) is 2. The minimum absolute atomic E-state index is 0.673. The van der Waals surface area contributed by atoms with Crippen LogP contribution in [-0.4, -0.2) is 39.2 Å². The fourth-order valence-electron chi connectivity index (χ4n) is 1.44. The van der Waals surface area contributed by atoms with Gasteiger partial charge in [-0.05, 0) is 0 Å². The zero-order valence-corrected chi connectivity index (χ0v) is 9.85. The SMILES string of the molecule is O=C(O)C1=CC=CC(S)(S(=O)(=O)O)C1C(=O)O. The molecular formula is C8H8O7S2. The fraction of sp³-hybridized carbons (Fsp3) is 0.250. The number of aliphatic carboxylic acids is 2. The van der Waals surface area contributed by atoms with Crippen molar-refractivity contribution in [3.05, 3.63) is 23.8 Å². The second kappa shape index (κ2) is 4.17. The number of hydrogen-bond donors (Lipinski definition) is 4. The summed E-state index contributed by atoms with van der Waals surface area (Å²) in [6.07, 6.45) is 2.78. The van der Waals surface area contributed by atoms with Crippen molar-refractivity contribution in [2.24, 2.45) is 5.92 Å². The summed E-state index contributed by atoms with van der Waals surface area (Å²) in [6, 6.07) is 0. The molecule has 1 rings (SSSR count). The molecule has 0 saturated carbocycles. The highest BCUT2D eigenvalue weighted by molar-refractivity contribution is 8.03. The summed E-state index contributed by atoms with van der Waals surface area (Å²) in [4.78, 5) is 21.8. The largest absolute Gasteiger partial charge is 0.481 e. The first-order chi connectivity index (χ1) is 7.61. The van der Waals surface area contributed by atoms with E-state index in [9.17, 15) is 18.0 Å². The number of rotatable bonds is 3. The second-order valence-corrected chi connectivity index (χ2v) is 5.95. The molecule has 0 radical (unpaired) electrons. The lowest BCUT2D eigenvalue weighted by Gasteiger charge is -2.30. The standard InChI is InChI=1S/C8H8O7S2/c9-6(10)4-2-1-3-8(16,17(13,14)15)5(4)7(11)12/h1-3,5,16H,(H,9,10)(H,11,12)(H,13,14,15). The summed E-state index contributed by atoms with van der Waals surface area (Å²) < 4.78 is 28.8. The fourth-order valence-corrected chi connectivity index (χ4v) is 2.56. The third-order valence-electron chi connectivity index (χ3n) is 2.24. The monoisotopic (exact) mass is 280 g/mol. The van der Waals surface area contributed by atoms with Gasteiger partial charge in [0.15, 0.2) is 4.08 Å². The zero-order valence-electron chi connectivity index (χ0n) is 8.14. The van der Waals surface area contributed by atoms with E-state index in [1.54, 1.807) is 0 Å². The molecular weight excluding hydrogens is 272 g/mol. The third-order valence-corrected chi connectivity index (χ3v) is 4.54. The highest BCUT2D eigenvalue weighted by atomic mass is 32.3. The molecule has 0 aromatic carbocycles. The van der Waals surface area contributed by atoms with Crippen molar-refractivity contribution in [1.29, 1.82) is 0 Å². The van der Waals surface area contributed by atoms with Gasteiger partial charge in [0.2, 0.25) is 0 Å². The van der Waals surface area contributed by atoms with Crippen LogP contribution in [-0.2, 0) is 19.7 Å². The first-order valence-corrected chi connectivity index (χ1v) is 6.05. The number of allylic oxidation sites excluding steroid dienone is 2. The third kappa shape index (κ3) is 2.21. The van der Waals surface area contributed by atoms with Crippen LogP contribution in [0.2, 0.25) is 0 Å². The Morgan fingerprint density at radius 3 is 2.24 bits per heavy atom. The molecule has 0 fully saturated rings. The van der Waals surface area contributed by atoms with Gasteiger partial charge >= 0.3 is 11.9 Å². The molecule has 2 unspecified atom stereocenters. The Hall–Kier alpha value is -1.32. The Bertz CT molecular complexity index is 530. The van der Waals surface area contributed by atoms with Crippen molar-refractivity contribution in [2.45, 2.75) is 4.08 Å². The van der Waals surface area contributed by atoms with Crippen LogP contribution in [0.25, 0.3) is 0 Å². The lowest BCUT2D eigenvalue weighted by atomic mass is 9.90. The molecule has 7 nitrogen and oxygen atoms in total. The topological polar surface area (TPSA) is 129 Å². The molecule has 0 aliphatic heterocycles. The van der Waals surface area contributed by atoms with Gasteiger partial charge in [0.05, 0.1) is 5.57 Å². The molecule has 0 aromatic rings. The zero-order chi connectivity index (χ0) is 13.4. The molecule has 0 amide bonds. The van der Waals surface area contributed by atoms with Crippen molar-refractivity contribution >= 4 is 34.7 Å². The average Bonchev–Trinajstić information content (AvgIpc) is 2.14. The van der Waals surface area contributed by atoms with Crippen molar-refractivity contribution in [1.82, 2.24) is 0 Å². The molecule has 1 aliphatic carbocycles. The molecule has 0 aromatic heterocycles. The number of carbonyl (C=O) groups is 2. The highest BCUT2D eigenvalue weighted by Gasteiger charge is 2.53. The van der Waals surface area contributed by atoms with Crippen LogP contribution >= 0.6 is 12.6 Å². The van der Waals surface area contributed by atoms with Crippen LogP contribution in [0.3, 0.4) is 0 Å². The van der Waals surface area contributed by atoms with E-state index < -0.39 is 37.6 Å². The van der Waals surface area contributed by atoms with E-state index in [2.05, 4.69) is 12.6 Å². The van der Waals surface area contributed by atoms with Gasteiger partial charge < -0.3 is 10.2 Å². The molecule has 0 heterocycles. The van der Waals surface area contributed by atoms with Gasteiger partial charge in [-0.1, -0.05) is 18.2 Å². The number of hydrogen-bond acceptors (Lipinski definition) is 5. The van der Waals surface area contributed by atoms with Gasteiger partial charge in [-0.3, -0.25) is 9.35 Å². The van der Waals surface area contributed by atoms with Gasteiger partial charge in [-0.15, -0.1) is 12.6 Å². The minimum Gasteiger partial charge on any atom is -0.481 e. The van der Waals surface area contributed by atoms with Gasteiger partial charge in [-0.25, -0.2) is 4.79 Å². The van der Waals surface area contributed by atoms with Crippen LogP contribution in [0.15, 0.2) is 23.8 Å². The Balaban J connectivity index is 3.48. The highest BCUT2D eigenvalue weighted by Crippen LogP contribution is 2.39. The molecule has 17 heavy (non-hydrogen) atoms. The van der Waals surface area contributed by atoms with E-state index in [0.29, 0.717) is 0 Å². The molecule has 2 atom stereocenters. The quantitative estimate of drug-likeness (QED) is 0.415. The summed E-state index contributed by atoms with van der Waals surface area (Å²) >= 11 is 3.61. The van der Waals surface area contributed by atoms with Crippen LogP contribution in [0, 0.1) is 5.92 Å². The Morgan fingerprint density at radius 1 is 1.35 bits per heavy atom. The van der Waals surface area contributed by atoms with Crippen molar-refractivity contribution in [3.63, 3.8) is 0 Å². The van der Waals surface area contributed by atoms with Crippen molar-refractivity contribution in [3.8, 4) is 0 Å². The summed E-state index contributed by atoms with van der Waals surface area (Å²) in [5, 5.41) is 17.7. The summed E-state index contributed by atoms with van der Waals surface area (Å²) in [7, 11) is -4.89. The number of thiol groups is 1. The molecule has 0 spiro atoms. The Morgan fingerprint density at radius 2 is 1.88 bits per heavy atom. The van der Waals surface area contributed by atoms with Gasteiger partial charge in [0.25, 0.3) is 10.1 Å². The summed E-state index contributed by atoms with van der Waals surface area (Å²) in [6.45, 7) is 0. The van der Waals surface area contributed by atoms with E-state index in [-0.39, 0.29) is 0 Å². The predicted octanol–water partition coefficient (Wildman–Crippen LogP) is -0.218. The first kappa shape index (κ1) is 13.7. The normalized spacial score (nSPS) is 28.6.